The minimum Gasteiger partial charge on any atom is -0.507 e. The second-order valence-corrected chi connectivity index (χ2v) is 8.39. The smallest absolute Gasteiger partial charge is 0.232 e. The molecule has 1 fully saturated rings. The van der Waals surface area contributed by atoms with Gasteiger partial charge in [-0.15, -0.1) is 0 Å². The zero-order chi connectivity index (χ0) is 22.1. The molecule has 0 aliphatic carbocycles. The number of benzene rings is 1. The first-order valence-corrected chi connectivity index (χ1v) is 11.0. The van der Waals surface area contributed by atoms with Gasteiger partial charge in [-0.05, 0) is 67.3 Å². The first-order valence-electron chi connectivity index (χ1n) is 11.0. The van der Waals surface area contributed by atoms with Crippen LogP contribution in [0.5, 0.6) is 11.5 Å². The molecule has 0 saturated carbocycles. The molecule has 0 radical (unpaired) electrons. The molecule has 1 aromatic carbocycles. The lowest BCUT2D eigenvalue weighted by atomic mass is 9.94. The summed E-state index contributed by atoms with van der Waals surface area (Å²) in [5, 5.41) is 10.8. The monoisotopic (exact) mass is 427 g/mol. The van der Waals surface area contributed by atoms with E-state index in [0.717, 1.165) is 31.4 Å². The summed E-state index contributed by atoms with van der Waals surface area (Å²) in [4.78, 5) is 23.9. The zero-order valence-electron chi connectivity index (χ0n) is 18.0. The largest absolute Gasteiger partial charge is 0.507 e. The Kier molecular flexibility index (Phi) is 5.45. The molecule has 32 heavy (non-hydrogen) atoms. The van der Waals surface area contributed by atoms with Gasteiger partial charge in [0.1, 0.15) is 11.5 Å². The van der Waals surface area contributed by atoms with Gasteiger partial charge in [0.25, 0.3) is 0 Å². The highest BCUT2D eigenvalue weighted by molar-refractivity contribution is 6.15. The van der Waals surface area contributed by atoms with Crippen LogP contribution in [-0.2, 0) is 6.54 Å². The van der Waals surface area contributed by atoms with E-state index < -0.39 is 0 Å². The van der Waals surface area contributed by atoms with E-state index >= 15 is 0 Å². The van der Waals surface area contributed by atoms with Crippen molar-refractivity contribution in [3.63, 3.8) is 0 Å². The van der Waals surface area contributed by atoms with E-state index in [1.54, 1.807) is 30.7 Å². The molecule has 2 aliphatic heterocycles. The summed E-state index contributed by atoms with van der Waals surface area (Å²) in [6.45, 7) is 3.24. The number of phenols is 1. The molecule has 3 aromatic rings. The third-order valence-electron chi connectivity index (χ3n) is 6.25. The first kappa shape index (κ1) is 20.4. The molecular weight excluding hydrogens is 402 g/mol. The molecule has 1 atom stereocenters. The van der Waals surface area contributed by atoms with Crippen molar-refractivity contribution >= 4 is 11.9 Å². The molecule has 1 N–H and O–H groups in total. The second-order valence-electron chi connectivity index (χ2n) is 8.39. The molecular formula is C26H25N3O3. The number of ketones is 1. The number of allylic oxidation sites excluding steroid dienone is 1. The molecule has 0 bridgehead atoms. The van der Waals surface area contributed by atoms with E-state index in [1.807, 2.05) is 31.3 Å². The Morgan fingerprint density at radius 3 is 2.75 bits per heavy atom. The molecule has 2 aliphatic rings. The maximum Gasteiger partial charge on any atom is 0.232 e. The number of hydrogen-bond donors (Lipinski definition) is 1. The van der Waals surface area contributed by atoms with Crippen LogP contribution in [0.25, 0.3) is 6.08 Å². The highest BCUT2D eigenvalue weighted by atomic mass is 16.5. The number of carbonyl (C=O) groups excluding carboxylic acids is 1. The van der Waals surface area contributed by atoms with E-state index in [-0.39, 0.29) is 23.3 Å². The summed E-state index contributed by atoms with van der Waals surface area (Å²) in [5.41, 5.74) is 3.86. The van der Waals surface area contributed by atoms with E-state index in [9.17, 15) is 9.90 Å². The van der Waals surface area contributed by atoms with Crippen LogP contribution in [0.15, 0.2) is 60.9 Å². The fourth-order valence-corrected chi connectivity index (χ4v) is 4.68. The summed E-state index contributed by atoms with van der Waals surface area (Å²) in [6, 6.07) is 9.64. The standard InChI is InChI=1S/C26H25N3O3/c1-17-12-22(30)20(16-29-11-3-2-8-21(29)19-7-5-10-28-15-19)26-24(17)25(31)23(32-26)13-18-6-4-9-27-14-18/h4-7,9-10,12-15,21,30H,2-3,8,11,16H2,1H3/b23-13-/t21-/m0/s1. The predicted molar refractivity (Wildman–Crippen MR) is 121 cm³/mol. The summed E-state index contributed by atoms with van der Waals surface area (Å²) >= 11 is 0. The van der Waals surface area contributed by atoms with Gasteiger partial charge in [0.2, 0.25) is 5.78 Å². The van der Waals surface area contributed by atoms with Crippen molar-refractivity contribution in [2.24, 2.45) is 0 Å². The molecule has 162 valence electrons. The van der Waals surface area contributed by atoms with Crippen LogP contribution in [0.1, 0.15) is 57.9 Å². The van der Waals surface area contributed by atoms with Crippen LogP contribution < -0.4 is 4.74 Å². The molecule has 1 saturated heterocycles. The summed E-state index contributed by atoms with van der Waals surface area (Å²) in [7, 11) is 0. The van der Waals surface area contributed by atoms with Crippen LogP contribution >= 0.6 is 0 Å². The lowest BCUT2D eigenvalue weighted by Crippen LogP contribution is -2.33. The van der Waals surface area contributed by atoms with Crippen molar-refractivity contribution in [1.29, 1.82) is 0 Å². The number of fused-ring (bicyclic) bond motifs is 1. The molecule has 6 heteroatoms. The van der Waals surface area contributed by atoms with Crippen molar-refractivity contribution < 1.29 is 14.6 Å². The van der Waals surface area contributed by atoms with E-state index in [2.05, 4.69) is 20.9 Å². The van der Waals surface area contributed by atoms with Gasteiger partial charge in [-0.2, -0.15) is 0 Å². The van der Waals surface area contributed by atoms with Gasteiger partial charge in [0.05, 0.1) is 11.1 Å². The van der Waals surface area contributed by atoms with Crippen LogP contribution in [0.2, 0.25) is 0 Å². The maximum atomic E-state index is 13.1. The van der Waals surface area contributed by atoms with Crippen LogP contribution in [-0.4, -0.2) is 32.3 Å². The number of rotatable bonds is 4. The van der Waals surface area contributed by atoms with E-state index in [1.165, 1.54) is 5.56 Å². The Morgan fingerprint density at radius 1 is 1.19 bits per heavy atom. The number of carbonyl (C=O) groups is 1. The quantitative estimate of drug-likeness (QED) is 0.601. The Morgan fingerprint density at radius 2 is 2.00 bits per heavy atom. The fourth-order valence-electron chi connectivity index (χ4n) is 4.68. The highest BCUT2D eigenvalue weighted by Gasteiger charge is 2.35. The maximum absolute atomic E-state index is 13.1. The van der Waals surface area contributed by atoms with Gasteiger partial charge in [-0.1, -0.05) is 18.6 Å². The SMILES string of the molecule is Cc1cc(O)c(CN2CCCC[C@H]2c2cccnc2)c2c1C(=O)/C(=C/c1cccnc1)O2. The van der Waals surface area contributed by atoms with Gasteiger partial charge >= 0.3 is 0 Å². The number of aromatic nitrogens is 2. The third kappa shape index (κ3) is 3.78. The van der Waals surface area contributed by atoms with Crippen molar-refractivity contribution in [1.82, 2.24) is 14.9 Å². The summed E-state index contributed by atoms with van der Waals surface area (Å²) in [6.07, 6.45) is 12.1. The van der Waals surface area contributed by atoms with Crippen molar-refractivity contribution in [3.8, 4) is 11.5 Å². The minimum atomic E-state index is -0.162. The van der Waals surface area contributed by atoms with Crippen molar-refractivity contribution in [2.75, 3.05) is 6.54 Å². The normalized spacial score (nSPS) is 19.7. The number of pyridine rings is 2. The minimum absolute atomic E-state index is 0.159. The second kappa shape index (κ2) is 8.55. The zero-order valence-corrected chi connectivity index (χ0v) is 18.0. The van der Waals surface area contributed by atoms with Gasteiger partial charge in [0.15, 0.2) is 5.76 Å². The molecule has 0 spiro atoms. The molecule has 0 unspecified atom stereocenters. The van der Waals surface area contributed by atoms with Crippen LogP contribution in [0, 0.1) is 6.92 Å². The fraction of sp³-hybridized carbons (Fsp3) is 0.269. The summed E-state index contributed by atoms with van der Waals surface area (Å²) in [5.74, 6) is 0.723. The number of aromatic hydroxyl groups is 1. The number of phenolic OH excluding ortho intramolecular Hbond substituents is 1. The van der Waals surface area contributed by atoms with Gasteiger partial charge in [0, 0.05) is 37.4 Å². The average Bonchev–Trinajstić information content (AvgIpc) is 3.14. The van der Waals surface area contributed by atoms with Crippen LogP contribution in [0.3, 0.4) is 0 Å². The highest BCUT2D eigenvalue weighted by Crippen LogP contribution is 2.44. The Hall–Kier alpha value is -3.51. The lowest BCUT2D eigenvalue weighted by molar-refractivity contribution is 0.101. The van der Waals surface area contributed by atoms with Gasteiger partial charge < -0.3 is 9.84 Å². The summed E-state index contributed by atoms with van der Waals surface area (Å²) < 4.78 is 6.08. The molecule has 5 rings (SSSR count). The number of ether oxygens (including phenoxy) is 1. The molecule has 0 amide bonds. The number of hydrogen-bond acceptors (Lipinski definition) is 6. The average molecular weight is 428 g/mol. The van der Waals surface area contributed by atoms with Crippen LogP contribution in [0.4, 0.5) is 0 Å². The number of aryl methyl sites for hydroxylation is 1. The molecule has 6 nitrogen and oxygen atoms in total. The van der Waals surface area contributed by atoms with E-state index in [4.69, 9.17) is 4.74 Å². The van der Waals surface area contributed by atoms with Gasteiger partial charge in [-0.3, -0.25) is 19.7 Å². The molecule has 4 heterocycles. The Labute approximate surface area is 187 Å². The lowest BCUT2D eigenvalue weighted by Gasteiger charge is -2.36. The Balaban J connectivity index is 1.50. The number of piperidine rings is 1. The number of nitrogens with zero attached hydrogens (tertiary/aromatic N) is 3. The topological polar surface area (TPSA) is 75.5 Å². The van der Waals surface area contributed by atoms with E-state index in [0.29, 0.717) is 29.0 Å². The molecule has 2 aromatic heterocycles. The first-order chi connectivity index (χ1) is 15.6. The predicted octanol–water partition coefficient (Wildman–Crippen LogP) is 4.83. The van der Waals surface area contributed by atoms with Crippen molar-refractivity contribution in [2.45, 2.75) is 38.8 Å². The van der Waals surface area contributed by atoms with Crippen molar-refractivity contribution in [3.05, 3.63) is 88.7 Å². The number of Topliss-reactive ketones (excluding diaryl/α,β-unsaturated/α-hetero) is 1. The Bertz CT molecular complexity index is 1180. The third-order valence-corrected chi connectivity index (χ3v) is 6.25. The number of likely N-dealkylation sites (tertiary alicyclic amines) is 1. The van der Waals surface area contributed by atoms with Gasteiger partial charge in [-0.25, -0.2) is 0 Å².